The minimum atomic E-state index is 0.495. The Morgan fingerprint density at radius 3 is 2.24 bits per heavy atom. The molecule has 0 aliphatic carbocycles. The summed E-state index contributed by atoms with van der Waals surface area (Å²) in [7, 11) is 0. The van der Waals surface area contributed by atoms with Gasteiger partial charge in [0.15, 0.2) is 0 Å². The van der Waals surface area contributed by atoms with Gasteiger partial charge in [0.2, 0.25) is 0 Å². The van der Waals surface area contributed by atoms with Crippen LogP contribution in [0.4, 0.5) is 0 Å². The van der Waals surface area contributed by atoms with E-state index in [0.717, 1.165) is 17.1 Å². The molecule has 0 saturated carbocycles. The van der Waals surface area contributed by atoms with Crippen molar-refractivity contribution in [2.45, 2.75) is 47.2 Å². The summed E-state index contributed by atoms with van der Waals surface area (Å²) < 4.78 is 0. The summed E-state index contributed by atoms with van der Waals surface area (Å²) in [6.45, 7) is 11.6. The van der Waals surface area contributed by atoms with Gasteiger partial charge in [0.25, 0.3) is 0 Å². The predicted octanol–water partition coefficient (Wildman–Crippen LogP) is 5.43. The van der Waals surface area contributed by atoms with Crippen molar-refractivity contribution < 1.29 is 0 Å². The third-order valence-electron chi connectivity index (χ3n) is 3.81. The molecule has 2 rings (SSSR count). The second-order valence-electron chi connectivity index (χ2n) is 6.10. The summed E-state index contributed by atoms with van der Waals surface area (Å²) >= 11 is 6.22. The monoisotopic (exact) mass is 301 g/mol. The van der Waals surface area contributed by atoms with Crippen LogP contribution < -0.4 is 5.32 Å². The fourth-order valence-corrected chi connectivity index (χ4v) is 2.68. The maximum absolute atomic E-state index is 6.22. The molecule has 0 heterocycles. The molecular formula is C19H24ClN. The van der Waals surface area contributed by atoms with Crippen LogP contribution in [0.2, 0.25) is 5.02 Å². The lowest BCUT2D eigenvalue weighted by molar-refractivity contribution is 0.589. The topological polar surface area (TPSA) is 12.0 Å². The molecule has 0 saturated heterocycles. The third-order valence-corrected chi connectivity index (χ3v) is 4.22. The van der Waals surface area contributed by atoms with Crippen LogP contribution in [0.15, 0.2) is 30.3 Å². The van der Waals surface area contributed by atoms with E-state index in [1.54, 1.807) is 0 Å². The minimum absolute atomic E-state index is 0.495. The van der Waals surface area contributed by atoms with Crippen molar-refractivity contribution in [3.8, 4) is 11.1 Å². The summed E-state index contributed by atoms with van der Waals surface area (Å²) in [4.78, 5) is 0. The number of halogens is 1. The van der Waals surface area contributed by atoms with Gasteiger partial charge in [-0.15, -0.1) is 0 Å². The summed E-state index contributed by atoms with van der Waals surface area (Å²) in [6.07, 6.45) is 0. The fourth-order valence-electron chi connectivity index (χ4n) is 2.46. The largest absolute Gasteiger partial charge is 0.310 e. The molecule has 0 bridgehead atoms. The molecule has 0 atom stereocenters. The van der Waals surface area contributed by atoms with Gasteiger partial charge >= 0.3 is 0 Å². The van der Waals surface area contributed by atoms with Gasteiger partial charge in [0, 0.05) is 17.6 Å². The van der Waals surface area contributed by atoms with E-state index in [9.17, 15) is 0 Å². The van der Waals surface area contributed by atoms with Crippen molar-refractivity contribution >= 4 is 11.6 Å². The van der Waals surface area contributed by atoms with Crippen LogP contribution >= 0.6 is 11.6 Å². The summed E-state index contributed by atoms with van der Waals surface area (Å²) in [5.74, 6) is 0. The molecule has 0 radical (unpaired) electrons. The molecule has 0 amide bonds. The first kappa shape index (κ1) is 16.1. The van der Waals surface area contributed by atoms with Crippen LogP contribution in [0, 0.1) is 20.8 Å². The number of aryl methyl sites for hydroxylation is 3. The van der Waals surface area contributed by atoms with Crippen LogP contribution in [-0.4, -0.2) is 6.04 Å². The van der Waals surface area contributed by atoms with E-state index in [-0.39, 0.29) is 0 Å². The Labute approximate surface area is 133 Å². The van der Waals surface area contributed by atoms with Gasteiger partial charge in [-0.2, -0.15) is 0 Å². The van der Waals surface area contributed by atoms with Crippen LogP contribution in [0.3, 0.4) is 0 Å². The number of benzene rings is 2. The lowest BCUT2D eigenvalue weighted by Crippen LogP contribution is -2.21. The van der Waals surface area contributed by atoms with Crippen molar-refractivity contribution in [1.29, 1.82) is 0 Å². The highest BCUT2D eigenvalue weighted by molar-refractivity contribution is 6.31. The standard InChI is InChI=1S/C19H24ClN/c1-12(2)21-11-16-7-6-13(3)18(10-16)17-8-15(5)19(20)9-14(17)4/h6-10,12,21H,11H2,1-5H3. The van der Waals surface area contributed by atoms with Crippen molar-refractivity contribution in [2.24, 2.45) is 0 Å². The molecule has 21 heavy (non-hydrogen) atoms. The number of hydrogen-bond donors (Lipinski definition) is 1. The van der Waals surface area contributed by atoms with E-state index < -0.39 is 0 Å². The van der Waals surface area contributed by atoms with Gasteiger partial charge in [-0.05, 0) is 72.4 Å². The zero-order valence-corrected chi connectivity index (χ0v) is 14.3. The van der Waals surface area contributed by atoms with Gasteiger partial charge in [-0.25, -0.2) is 0 Å². The first-order valence-electron chi connectivity index (χ1n) is 7.48. The molecule has 1 nitrogen and oxygen atoms in total. The lowest BCUT2D eigenvalue weighted by atomic mass is 9.93. The molecule has 2 heteroatoms. The molecule has 2 aromatic rings. The highest BCUT2D eigenvalue weighted by Gasteiger charge is 2.09. The van der Waals surface area contributed by atoms with Crippen molar-refractivity contribution in [1.82, 2.24) is 5.32 Å². The predicted molar refractivity (Wildman–Crippen MR) is 93.1 cm³/mol. The molecule has 1 N–H and O–H groups in total. The highest BCUT2D eigenvalue weighted by atomic mass is 35.5. The van der Waals surface area contributed by atoms with Gasteiger partial charge in [-0.3, -0.25) is 0 Å². The second-order valence-corrected chi connectivity index (χ2v) is 6.51. The average molecular weight is 302 g/mol. The Kier molecular flexibility index (Phi) is 5.08. The fraction of sp³-hybridized carbons (Fsp3) is 0.368. The van der Waals surface area contributed by atoms with Crippen molar-refractivity contribution in [2.75, 3.05) is 0 Å². The van der Waals surface area contributed by atoms with Crippen LogP contribution in [0.25, 0.3) is 11.1 Å². The Bertz CT molecular complexity index is 644. The number of rotatable bonds is 4. The SMILES string of the molecule is Cc1cc(-c2cc(CNC(C)C)ccc2C)c(C)cc1Cl. The normalized spacial score (nSPS) is 11.2. The quantitative estimate of drug-likeness (QED) is 0.794. The molecule has 112 valence electrons. The van der Waals surface area contributed by atoms with Crippen molar-refractivity contribution in [3.63, 3.8) is 0 Å². The van der Waals surface area contributed by atoms with Crippen LogP contribution in [0.5, 0.6) is 0 Å². The Morgan fingerprint density at radius 2 is 1.57 bits per heavy atom. The second kappa shape index (κ2) is 6.64. The molecule has 0 fully saturated rings. The molecular weight excluding hydrogens is 278 g/mol. The highest BCUT2D eigenvalue weighted by Crippen LogP contribution is 2.31. The zero-order valence-electron chi connectivity index (χ0n) is 13.5. The average Bonchev–Trinajstić information content (AvgIpc) is 2.42. The maximum Gasteiger partial charge on any atom is 0.0438 e. The van der Waals surface area contributed by atoms with E-state index >= 15 is 0 Å². The maximum atomic E-state index is 6.22. The van der Waals surface area contributed by atoms with Crippen LogP contribution in [0.1, 0.15) is 36.1 Å². The van der Waals surface area contributed by atoms with Crippen molar-refractivity contribution in [3.05, 3.63) is 57.6 Å². The summed E-state index contributed by atoms with van der Waals surface area (Å²) in [5.41, 5.74) is 7.55. The molecule has 0 unspecified atom stereocenters. The van der Waals surface area contributed by atoms with E-state index in [4.69, 9.17) is 11.6 Å². The smallest absolute Gasteiger partial charge is 0.0438 e. The third kappa shape index (κ3) is 3.87. The number of hydrogen-bond acceptors (Lipinski definition) is 1. The van der Waals surface area contributed by atoms with Gasteiger partial charge in [0.05, 0.1) is 0 Å². The first-order chi connectivity index (χ1) is 9.88. The molecule has 0 aromatic heterocycles. The Hall–Kier alpha value is -1.31. The first-order valence-corrected chi connectivity index (χ1v) is 7.86. The van der Waals surface area contributed by atoms with Gasteiger partial charge in [0.1, 0.15) is 0 Å². The number of nitrogens with one attached hydrogen (secondary N) is 1. The Morgan fingerprint density at radius 1 is 0.905 bits per heavy atom. The minimum Gasteiger partial charge on any atom is -0.310 e. The van der Waals surface area contributed by atoms with E-state index in [2.05, 4.69) is 70.3 Å². The van der Waals surface area contributed by atoms with Gasteiger partial charge < -0.3 is 5.32 Å². The van der Waals surface area contributed by atoms with E-state index in [1.807, 2.05) is 0 Å². The zero-order chi connectivity index (χ0) is 15.6. The van der Waals surface area contributed by atoms with E-state index in [0.29, 0.717) is 6.04 Å². The van der Waals surface area contributed by atoms with E-state index in [1.165, 1.54) is 27.8 Å². The van der Waals surface area contributed by atoms with Crippen LogP contribution in [-0.2, 0) is 6.54 Å². The lowest BCUT2D eigenvalue weighted by Gasteiger charge is -2.14. The molecule has 0 aliphatic heterocycles. The summed E-state index contributed by atoms with van der Waals surface area (Å²) in [6, 6.07) is 11.4. The molecule has 2 aromatic carbocycles. The molecule has 0 aliphatic rings. The van der Waals surface area contributed by atoms with Gasteiger partial charge in [-0.1, -0.05) is 37.6 Å². The molecule has 0 spiro atoms. The summed E-state index contributed by atoms with van der Waals surface area (Å²) in [5, 5.41) is 4.31. The Balaban J connectivity index is 2.43.